The van der Waals surface area contributed by atoms with Crippen molar-refractivity contribution in [3.63, 3.8) is 0 Å². The highest BCUT2D eigenvalue weighted by Gasteiger charge is 2.10. The van der Waals surface area contributed by atoms with Gasteiger partial charge in [-0.25, -0.2) is 0 Å². The highest BCUT2D eigenvalue weighted by Crippen LogP contribution is 2.14. The Morgan fingerprint density at radius 3 is 2.41 bits per heavy atom. The Kier molecular flexibility index (Phi) is 7.99. The lowest BCUT2D eigenvalue weighted by molar-refractivity contribution is -0.126. The van der Waals surface area contributed by atoms with Crippen molar-refractivity contribution in [3.8, 4) is 0 Å². The highest BCUT2D eigenvalue weighted by molar-refractivity contribution is 6.33. The second-order valence-electron chi connectivity index (χ2n) is 4.61. The zero-order valence-corrected chi connectivity index (χ0v) is 13.2. The Morgan fingerprint density at radius 2 is 1.73 bits per heavy atom. The van der Waals surface area contributed by atoms with Gasteiger partial charge >= 0.3 is 0 Å². The van der Waals surface area contributed by atoms with Crippen LogP contribution in [0.1, 0.15) is 30.1 Å². The Balaban J connectivity index is 2.24. The lowest BCUT2D eigenvalue weighted by Crippen LogP contribution is -2.38. The van der Waals surface area contributed by atoms with Crippen molar-refractivity contribution in [3.05, 3.63) is 34.9 Å². The zero-order chi connectivity index (χ0) is 16.4. The van der Waals surface area contributed by atoms with Crippen molar-refractivity contribution in [1.82, 2.24) is 16.0 Å². The van der Waals surface area contributed by atoms with Gasteiger partial charge in [-0.15, -0.1) is 0 Å². The van der Waals surface area contributed by atoms with Crippen LogP contribution in [-0.2, 0) is 9.59 Å². The first-order valence-electron chi connectivity index (χ1n) is 7.10. The van der Waals surface area contributed by atoms with Gasteiger partial charge in [-0.05, 0) is 18.6 Å². The molecule has 3 amide bonds. The summed E-state index contributed by atoms with van der Waals surface area (Å²) >= 11 is 5.90. The first-order valence-corrected chi connectivity index (χ1v) is 7.48. The van der Waals surface area contributed by atoms with Crippen molar-refractivity contribution in [2.45, 2.75) is 19.8 Å². The molecule has 1 aromatic carbocycles. The van der Waals surface area contributed by atoms with Crippen molar-refractivity contribution >= 4 is 29.3 Å². The molecule has 0 fully saturated rings. The first kappa shape index (κ1) is 18.0. The summed E-state index contributed by atoms with van der Waals surface area (Å²) in [6.07, 6.45) is 0.936. The maximum Gasteiger partial charge on any atom is 0.252 e. The molecule has 0 bridgehead atoms. The molecule has 1 rings (SSSR count). The molecule has 120 valence electrons. The highest BCUT2D eigenvalue weighted by atomic mass is 35.5. The van der Waals surface area contributed by atoms with Crippen LogP contribution in [0.25, 0.3) is 0 Å². The molecule has 0 atom stereocenters. The second-order valence-corrected chi connectivity index (χ2v) is 5.02. The average molecular weight is 326 g/mol. The minimum atomic E-state index is -0.334. The summed E-state index contributed by atoms with van der Waals surface area (Å²) in [5, 5.41) is 8.11. The molecule has 0 aliphatic rings. The van der Waals surface area contributed by atoms with Gasteiger partial charge < -0.3 is 16.0 Å². The van der Waals surface area contributed by atoms with Crippen LogP contribution in [0.5, 0.6) is 0 Å². The summed E-state index contributed by atoms with van der Waals surface area (Å²) < 4.78 is 0. The summed E-state index contributed by atoms with van der Waals surface area (Å²) in [5.74, 6) is -0.861. The number of hydrogen-bond donors (Lipinski definition) is 3. The Morgan fingerprint density at radius 1 is 1.00 bits per heavy atom. The van der Waals surface area contributed by atoms with Gasteiger partial charge in [0.1, 0.15) is 0 Å². The fraction of sp³-hybridized carbons (Fsp3) is 0.400. The van der Waals surface area contributed by atoms with Crippen LogP contribution in [0.3, 0.4) is 0 Å². The summed E-state index contributed by atoms with van der Waals surface area (Å²) in [6.45, 7) is 2.65. The van der Waals surface area contributed by atoms with Crippen molar-refractivity contribution < 1.29 is 14.4 Å². The molecule has 7 heteroatoms. The Hall–Kier alpha value is -2.08. The van der Waals surface area contributed by atoms with Gasteiger partial charge in [-0.1, -0.05) is 30.7 Å². The van der Waals surface area contributed by atoms with E-state index < -0.39 is 0 Å². The topological polar surface area (TPSA) is 87.3 Å². The number of rotatable bonds is 8. The molecule has 0 aliphatic carbocycles. The lowest BCUT2D eigenvalue weighted by atomic mass is 10.2. The van der Waals surface area contributed by atoms with Crippen LogP contribution in [0.2, 0.25) is 5.02 Å². The number of amides is 3. The minimum absolute atomic E-state index is 0.0582. The van der Waals surface area contributed by atoms with Crippen LogP contribution in [-0.4, -0.2) is 37.4 Å². The maximum atomic E-state index is 11.8. The van der Waals surface area contributed by atoms with E-state index in [0.717, 1.165) is 6.42 Å². The molecule has 0 aliphatic heterocycles. The van der Waals surface area contributed by atoms with Gasteiger partial charge in [0, 0.05) is 19.5 Å². The van der Waals surface area contributed by atoms with Crippen molar-refractivity contribution in [2.24, 2.45) is 0 Å². The molecular formula is C15H20ClN3O3. The molecule has 0 heterocycles. The molecule has 1 aromatic rings. The zero-order valence-electron chi connectivity index (χ0n) is 12.4. The third kappa shape index (κ3) is 6.58. The summed E-state index contributed by atoms with van der Waals surface area (Å²) in [6, 6.07) is 6.67. The molecule has 6 nitrogen and oxygen atoms in total. The van der Waals surface area contributed by atoms with Gasteiger partial charge in [0.15, 0.2) is 0 Å². The van der Waals surface area contributed by atoms with Gasteiger partial charge in [0.05, 0.1) is 17.1 Å². The van der Waals surface area contributed by atoms with Crippen LogP contribution in [0.4, 0.5) is 0 Å². The van der Waals surface area contributed by atoms with Gasteiger partial charge in [0.25, 0.3) is 5.91 Å². The number of hydrogen-bond acceptors (Lipinski definition) is 3. The van der Waals surface area contributed by atoms with Crippen molar-refractivity contribution in [1.29, 1.82) is 0 Å². The molecule has 0 aromatic heterocycles. The minimum Gasteiger partial charge on any atom is -0.355 e. The predicted octanol–water partition coefficient (Wildman–Crippen LogP) is 1.10. The van der Waals surface area contributed by atoms with Crippen LogP contribution < -0.4 is 16.0 Å². The monoisotopic (exact) mass is 325 g/mol. The van der Waals surface area contributed by atoms with Gasteiger partial charge in [-0.2, -0.15) is 0 Å². The average Bonchev–Trinajstić information content (AvgIpc) is 2.51. The summed E-state index contributed by atoms with van der Waals surface area (Å²) in [5.41, 5.74) is 0.364. The number of benzene rings is 1. The third-order valence-corrected chi connectivity index (χ3v) is 3.10. The van der Waals surface area contributed by atoms with E-state index in [1.165, 1.54) is 0 Å². The number of halogens is 1. The predicted molar refractivity (Wildman–Crippen MR) is 84.7 cm³/mol. The summed E-state index contributed by atoms with van der Waals surface area (Å²) in [4.78, 5) is 34.7. The van der Waals surface area contributed by atoms with Gasteiger partial charge in [0.2, 0.25) is 11.8 Å². The molecule has 0 radical (unpaired) electrons. The first-order chi connectivity index (χ1) is 10.5. The standard InChI is InChI=1S/C15H20ClN3O3/c1-2-8-17-14(21)10-19-13(20)7-9-18-15(22)11-5-3-4-6-12(11)16/h3-6H,2,7-10H2,1H3,(H,17,21)(H,18,22)(H,19,20). The molecule has 0 saturated carbocycles. The van der Waals surface area contributed by atoms with E-state index in [1.807, 2.05) is 6.92 Å². The normalized spacial score (nSPS) is 9.91. The molecular weight excluding hydrogens is 306 g/mol. The van der Waals surface area contributed by atoms with E-state index in [1.54, 1.807) is 24.3 Å². The fourth-order valence-corrected chi connectivity index (χ4v) is 1.85. The van der Waals surface area contributed by atoms with E-state index >= 15 is 0 Å². The quantitative estimate of drug-likeness (QED) is 0.669. The molecule has 0 unspecified atom stereocenters. The Bertz CT molecular complexity index is 535. The molecule has 3 N–H and O–H groups in total. The van der Waals surface area contributed by atoms with Crippen molar-refractivity contribution in [2.75, 3.05) is 19.6 Å². The lowest BCUT2D eigenvalue weighted by Gasteiger charge is -2.08. The number of carbonyl (C=O) groups is 3. The van der Waals surface area contributed by atoms with Gasteiger partial charge in [-0.3, -0.25) is 14.4 Å². The smallest absolute Gasteiger partial charge is 0.252 e. The van der Waals surface area contributed by atoms with Crippen LogP contribution >= 0.6 is 11.6 Å². The van der Waals surface area contributed by atoms with E-state index in [9.17, 15) is 14.4 Å². The van der Waals surface area contributed by atoms with E-state index in [4.69, 9.17) is 11.6 Å². The molecule has 0 saturated heterocycles. The largest absolute Gasteiger partial charge is 0.355 e. The van der Waals surface area contributed by atoms with E-state index in [0.29, 0.717) is 17.1 Å². The fourth-order valence-electron chi connectivity index (χ4n) is 1.62. The Labute approximate surface area is 134 Å². The van der Waals surface area contributed by atoms with E-state index in [2.05, 4.69) is 16.0 Å². The van der Waals surface area contributed by atoms with Crippen LogP contribution in [0, 0.1) is 0 Å². The number of nitrogens with one attached hydrogen (secondary N) is 3. The molecule has 22 heavy (non-hydrogen) atoms. The number of carbonyl (C=O) groups excluding carboxylic acids is 3. The summed E-state index contributed by atoms with van der Waals surface area (Å²) in [7, 11) is 0. The van der Waals surface area contributed by atoms with E-state index in [-0.39, 0.29) is 37.2 Å². The maximum absolute atomic E-state index is 11.8. The SMILES string of the molecule is CCCNC(=O)CNC(=O)CCNC(=O)c1ccccc1Cl. The van der Waals surface area contributed by atoms with Crippen LogP contribution in [0.15, 0.2) is 24.3 Å². The molecule has 0 spiro atoms. The third-order valence-electron chi connectivity index (χ3n) is 2.77. The second kappa shape index (κ2) is 9.78.